The number of nitrogens with two attached hydrogens (primary N) is 1. The second-order valence-corrected chi connectivity index (χ2v) is 6.85. The molecular weight excluding hydrogens is 338 g/mol. The molecule has 1 atom stereocenters. The summed E-state index contributed by atoms with van der Waals surface area (Å²) in [5.74, 6) is 0. The summed E-state index contributed by atoms with van der Waals surface area (Å²) >= 11 is 9.57. The van der Waals surface area contributed by atoms with Crippen molar-refractivity contribution in [2.75, 3.05) is 32.7 Å². The Morgan fingerprint density at radius 2 is 1.80 bits per heavy atom. The summed E-state index contributed by atoms with van der Waals surface area (Å²) < 4.78 is 0.941. The number of hydrogen-bond acceptors (Lipinski definition) is 3. The van der Waals surface area contributed by atoms with Gasteiger partial charge in [0.1, 0.15) is 0 Å². The topological polar surface area (TPSA) is 32.5 Å². The second-order valence-electron chi connectivity index (χ2n) is 5.59. The lowest BCUT2D eigenvalue weighted by Gasteiger charge is -2.40. The Labute approximate surface area is 135 Å². The molecule has 0 aromatic heterocycles. The molecule has 1 unspecified atom stereocenters. The first-order valence-corrected chi connectivity index (χ1v) is 8.33. The van der Waals surface area contributed by atoms with Crippen molar-refractivity contribution in [1.29, 1.82) is 0 Å². The van der Waals surface area contributed by atoms with Gasteiger partial charge in [-0.3, -0.25) is 9.80 Å². The lowest BCUT2D eigenvalue weighted by Crippen LogP contribution is -2.50. The van der Waals surface area contributed by atoms with Crippen molar-refractivity contribution in [1.82, 2.24) is 9.80 Å². The number of piperazine rings is 1. The fourth-order valence-electron chi connectivity index (χ4n) is 2.78. The Morgan fingerprint density at radius 1 is 1.20 bits per heavy atom. The Morgan fingerprint density at radius 3 is 2.30 bits per heavy atom. The molecule has 1 aliphatic rings. The van der Waals surface area contributed by atoms with Crippen LogP contribution in [-0.2, 0) is 0 Å². The summed E-state index contributed by atoms with van der Waals surface area (Å²) in [5, 5.41) is 0.745. The summed E-state index contributed by atoms with van der Waals surface area (Å²) in [4.78, 5) is 5.00. The third kappa shape index (κ3) is 3.74. The molecule has 1 heterocycles. The van der Waals surface area contributed by atoms with E-state index < -0.39 is 0 Å². The van der Waals surface area contributed by atoms with Gasteiger partial charge in [-0.1, -0.05) is 17.7 Å². The van der Waals surface area contributed by atoms with Crippen molar-refractivity contribution in [2.45, 2.75) is 25.9 Å². The molecule has 0 amide bonds. The zero-order chi connectivity index (χ0) is 14.7. The molecule has 0 bridgehead atoms. The maximum Gasteiger partial charge on any atom is 0.0548 e. The van der Waals surface area contributed by atoms with E-state index in [9.17, 15) is 0 Å². The van der Waals surface area contributed by atoms with Crippen LogP contribution in [0.15, 0.2) is 22.7 Å². The molecule has 112 valence electrons. The predicted molar refractivity (Wildman–Crippen MR) is 89.2 cm³/mol. The molecule has 3 nitrogen and oxygen atoms in total. The van der Waals surface area contributed by atoms with Gasteiger partial charge in [-0.15, -0.1) is 0 Å². The van der Waals surface area contributed by atoms with Crippen LogP contribution in [0.1, 0.15) is 25.5 Å². The Kier molecular flexibility index (Phi) is 5.87. The minimum atomic E-state index is 0.276. The number of halogens is 2. The van der Waals surface area contributed by atoms with Gasteiger partial charge in [-0.25, -0.2) is 0 Å². The SMILES string of the molecule is CC(C)N1CCN(C(CN)c2ccc(Cl)c(Br)c2)CC1. The number of rotatable bonds is 4. The average molecular weight is 361 g/mol. The maximum atomic E-state index is 6.07. The van der Waals surface area contributed by atoms with Crippen LogP contribution in [0.3, 0.4) is 0 Å². The molecule has 1 saturated heterocycles. The standard InChI is InChI=1S/C15H23BrClN3/c1-11(2)19-5-7-20(8-6-19)15(10-18)12-3-4-14(17)13(16)9-12/h3-4,9,11,15H,5-8,10,18H2,1-2H3. The van der Waals surface area contributed by atoms with Crippen molar-refractivity contribution in [3.05, 3.63) is 33.3 Å². The Bertz CT molecular complexity index is 445. The third-order valence-corrected chi connectivity index (χ3v) is 5.29. The van der Waals surface area contributed by atoms with Crippen LogP contribution >= 0.6 is 27.5 Å². The van der Waals surface area contributed by atoms with Gasteiger partial charge in [0.15, 0.2) is 0 Å². The normalized spacial score (nSPS) is 19.5. The predicted octanol–water partition coefficient (Wildman–Crippen LogP) is 3.13. The van der Waals surface area contributed by atoms with Crippen molar-refractivity contribution in [3.8, 4) is 0 Å². The molecule has 20 heavy (non-hydrogen) atoms. The molecule has 0 aliphatic carbocycles. The van der Waals surface area contributed by atoms with Crippen molar-refractivity contribution in [2.24, 2.45) is 5.73 Å². The van der Waals surface area contributed by atoms with Gasteiger partial charge in [-0.05, 0) is 47.5 Å². The van der Waals surface area contributed by atoms with Gasteiger partial charge < -0.3 is 5.73 Å². The Hall–Kier alpha value is -0.130. The smallest absolute Gasteiger partial charge is 0.0548 e. The first-order chi connectivity index (χ1) is 9.52. The summed E-state index contributed by atoms with van der Waals surface area (Å²) in [6, 6.07) is 7.01. The van der Waals surface area contributed by atoms with E-state index >= 15 is 0 Å². The number of nitrogens with zero attached hydrogens (tertiary/aromatic N) is 2. The highest BCUT2D eigenvalue weighted by molar-refractivity contribution is 9.10. The Balaban J connectivity index is 2.07. The van der Waals surface area contributed by atoms with E-state index in [4.69, 9.17) is 17.3 Å². The fourth-order valence-corrected chi connectivity index (χ4v) is 3.30. The van der Waals surface area contributed by atoms with Gasteiger partial charge >= 0.3 is 0 Å². The van der Waals surface area contributed by atoms with E-state index in [0.29, 0.717) is 12.6 Å². The van der Waals surface area contributed by atoms with Crippen molar-refractivity contribution < 1.29 is 0 Å². The van der Waals surface area contributed by atoms with Gasteiger partial charge in [-0.2, -0.15) is 0 Å². The number of hydrogen-bond donors (Lipinski definition) is 1. The average Bonchev–Trinajstić information content (AvgIpc) is 2.44. The van der Waals surface area contributed by atoms with Crippen LogP contribution in [-0.4, -0.2) is 48.6 Å². The third-order valence-electron chi connectivity index (χ3n) is 4.07. The van der Waals surface area contributed by atoms with Gasteiger partial charge in [0.25, 0.3) is 0 Å². The molecule has 1 fully saturated rings. The first kappa shape index (κ1) is 16.2. The lowest BCUT2D eigenvalue weighted by molar-refractivity contribution is 0.0802. The molecule has 0 radical (unpaired) electrons. The quantitative estimate of drug-likeness (QED) is 0.895. The van der Waals surface area contributed by atoms with Crippen LogP contribution in [0.4, 0.5) is 0 Å². The highest BCUT2D eigenvalue weighted by Crippen LogP contribution is 2.29. The summed E-state index contributed by atoms with van der Waals surface area (Å²) in [7, 11) is 0. The van der Waals surface area contributed by atoms with Gasteiger partial charge in [0, 0.05) is 49.3 Å². The second kappa shape index (κ2) is 7.23. The van der Waals surface area contributed by atoms with Crippen LogP contribution in [0.2, 0.25) is 5.02 Å². The molecule has 1 aromatic carbocycles. The fraction of sp³-hybridized carbons (Fsp3) is 0.600. The van der Waals surface area contributed by atoms with Gasteiger partial charge in [0.05, 0.1) is 5.02 Å². The summed E-state index contributed by atoms with van der Waals surface area (Å²) in [6.45, 7) is 9.51. The van der Waals surface area contributed by atoms with E-state index in [2.05, 4.69) is 51.7 Å². The lowest BCUT2D eigenvalue weighted by atomic mass is 10.0. The molecule has 1 aliphatic heterocycles. The zero-order valence-corrected chi connectivity index (χ0v) is 14.5. The molecular formula is C15H23BrClN3. The van der Waals surface area contributed by atoms with E-state index in [0.717, 1.165) is 35.7 Å². The highest BCUT2D eigenvalue weighted by Gasteiger charge is 2.25. The van der Waals surface area contributed by atoms with Crippen LogP contribution in [0, 0.1) is 0 Å². The highest BCUT2D eigenvalue weighted by atomic mass is 79.9. The minimum absolute atomic E-state index is 0.276. The zero-order valence-electron chi connectivity index (χ0n) is 12.1. The van der Waals surface area contributed by atoms with Crippen LogP contribution in [0.25, 0.3) is 0 Å². The summed E-state index contributed by atoms with van der Waals surface area (Å²) in [6.07, 6.45) is 0. The monoisotopic (exact) mass is 359 g/mol. The van der Waals surface area contributed by atoms with E-state index in [1.54, 1.807) is 0 Å². The van der Waals surface area contributed by atoms with Crippen molar-refractivity contribution in [3.63, 3.8) is 0 Å². The van der Waals surface area contributed by atoms with Gasteiger partial charge in [0.2, 0.25) is 0 Å². The van der Waals surface area contributed by atoms with E-state index in [-0.39, 0.29) is 6.04 Å². The van der Waals surface area contributed by atoms with E-state index in [1.165, 1.54) is 5.56 Å². The molecule has 0 saturated carbocycles. The van der Waals surface area contributed by atoms with E-state index in [1.807, 2.05) is 6.07 Å². The van der Waals surface area contributed by atoms with Crippen LogP contribution in [0.5, 0.6) is 0 Å². The summed E-state index contributed by atoms with van der Waals surface area (Å²) in [5.41, 5.74) is 7.25. The molecule has 2 rings (SSSR count). The maximum absolute atomic E-state index is 6.07. The molecule has 0 spiro atoms. The molecule has 5 heteroatoms. The number of benzene rings is 1. The van der Waals surface area contributed by atoms with Crippen LogP contribution < -0.4 is 5.73 Å². The molecule has 1 aromatic rings. The largest absolute Gasteiger partial charge is 0.329 e. The minimum Gasteiger partial charge on any atom is -0.329 e. The van der Waals surface area contributed by atoms with Crippen molar-refractivity contribution >= 4 is 27.5 Å². The first-order valence-electron chi connectivity index (χ1n) is 7.16. The molecule has 2 N–H and O–H groups in total.